The van der Waals surface area contributed by atoms with E-state index >= 15 is 0 Å². The lowest BCUT2D eigenvalue weighted by molar-refractivity contribution is -0.127. The largest absolute Gasteiger partial charge is 0.351 e. The van der Waals surface area contributed by atoms with Crippen molar-refractivity contribution in [3.63, 3.8) is 0 Å². The highest BCUT2D eigenvalue weighted by atomic mass is 16.1. The second-order valence-electron chi connectivity index (χ2n) is 4.45. The topological polar surface area (TPSA) is 29.1 Å². The van der Waals surface area contributed by atoms with E-state index in [-0.39, 0.29) is 11.4 Å². The molecule has 1 saturated heterocycles. The second-order valence-corrected chi connectivity index (χ2v) is 4.45. The quantitative estimate of drug-likeness (QED) is 0.586. The van der Waals surface area contributed by atoms with Crippen LogP contribution in [0.1, 0.15) is 45.4 Å². The summed E-state index contributed by atoms with van der Waals surface area (Å²) < 4.78 is 0. The third kappa shape index (κ3) is 1.23. The zero-order valence-corrected chi connectivity index (χ0v) is 7.73. The van der Waals surface area contributed by atoms with Gasteiger partial charge in [-0.15, -0.1) is 0 Å². The fraction of sp³-hybridized carbons (Fsp3) is 0.900. The van der Waals surface area contributed by atoms with Gasteiger partial charge in [-0.05, 0) is 32.1 Å². The first-order chi connectivity index (χ1) is 5.71. The summed E-state index contributed by atoms with van der Waals surface area (Å²) in [6.45, 7) is 2.22. The Morgan fingerprint density at radius 3 is 3.08 bits per heavy atom. The average molecular weight is 167 g/mol. The van der Waals surface area contributed by atoms with Crippen molar-refractivity contribution in [1.82, 2.24) is 5.32 Å². The Labute approximate surface area is 73.7 Å². The number of carbonyl (C=O) groups is 1. The molecule has 68 valence electrons. The van der Waals surface area contributed by atoms with Gasteiger partial charge in [0, 0.05) is 12.0 Å². The van der Waals surface area contributed by atoms with Gasteiger partial charge in [0.25, 0.3) is 0 Å². The van der Waals surface area contributed by atoms with Crippen molar-refractivity contribution in [2.75, 3.05) is 0 Å². The van der Waals surface area contributed by atoms with Crippen molar-refractivity contribution in [3.05, 3.63) is 0 Å². The Balaban J connectivity index is 2.12. The van der Waals surface area contributed by atoms with Crippen LogP contribution in [0.5, 0.6) is 0 Å². The molecule has 1 N–H and O–H groups in total. The minimum absolute atomic E-state index is 0.146. The summed E-state index contributed by atoms with van der Waals surface area (Å²) in [5.41, 5.74) is 0.146. The van der Waals surface area contributed by atoms with Gasteiger partial charge in [-0.2, -0.15) is 0 Å². The lowest BCUT2D eigenvalue weighted by Crippen LogP contribution is -2.56. The standard InChI is InChI=1S/C10H17NO/c1-10-7-3-2-4-8(10)5-6-9(12)11-10/h8H,2-7H2,1H3,(H,11,12)/t8-,10-/m0/s1. The van der Waals surface area contributed by atoms with E-state index < -0.39 is 0 Å². The first-order valence-corrected chi connectivity index (χ1v) is 5.02. The van der Waals surface area contributed by atoms with Crippen LogP contribution in [0.4, 0.5) is 0 Å². The fourth-order valence-electron chi connectivity index (χ4n) is 2.72. The fourth-order valence-corrected chi connectivity index (χ4v) is 2.72. The monoisotopic (exact) mass is 167 g/mol. The minimum Gasteiger partial charge on any atom is -0.351 e. The van der Waals surface area contributed by atoms with Gasteiger partial charge in [0.2, 0.25) is 5.91 Å². The molecule has 0 aromatic carbocycles. The van der Waals surface area contributed by atoms with E-state index in [1.807, 2.05) is 0 Å². The summed E-state index contributed by atoms with van der Waals surface area (Å²) in [6, 6.07) is 0. The first-order valence-electron chi connectivity index (χ1n) is 5.02. The molecule has 0 radical (unpaired) electrons. The number of piperidine rings is 1. The predicted molar refractivity (Wildman–Crippen MR) is 47.7 cm³/mol. The molecule has 12 heavy (non-hydrogen) atoms. The number of carbonyl (C=O) groups excluding carboxylic acids is 1. The van der Waals surface area contributed by atoms with Gasteiger partial charge >= 0.3 is 0 Å². The zero-order valence-electron chi connectivity index (χ0n) is 7.73. The van der Waals surface area contributed by atoms with E-state index in [1.165, 1.54) is 25.7 Å². The van der Waals surface area contributed by atoms with Crippen molar-refractivity contribution in [2.45, 2.75) is 51.0 Å². The third-order valence-corrected chi connectivity index (χ3v) is 3.54. The molecule has 1 amide bonds. The number of fused-ring (bicyclic) bond motifs is 1. The van der Waals surface area contributed by atoms with Crippen LogP contribution in [0, 0.1) is 5.92 Å². The van der Waals surface area contributed by atoms with E-state index in [4.69, 9.17) is 0 Å². The van der Waals surface area contributed by atoms with Crippen LogP contribution in [-0.4, -0.2) is 11.4 Å². The van der Waals surface area contributed by atoms with Gasteiger partial charge in [0.15, 0.2) is 0 Å². The van der Waals surface area contributed by atoms with Gasteiger partial charge in [-0.25, -0.2) is 0 Å². The lowest BCUT2D eigenvalue weighted by atomic mass is 9.70. The third-order valence-electron chi connectivity index (χ3n) is 3.54. The Kier molecular flexibility index (Phi) is 1.85. The zero-order chi connectivity index (χ0) is 8.60. The van der Waals surface area contributed by atoms with E-state index in [0.29, 0.717) is 0 Å². The second kappa shape index (κ2) is 2.75. The van der Waals surface area contributed by atoms with Crippen LogP contribution in [0.15, 0.2) is 0 Å². The highest BCUT2D eigenvalue weighted by Gasteiger charge is 2.40. The molecule has 2 nitrogen and oxygen atoms in total. The van der Waals surface area contributed by atoms with Crippen molar-refractivity contribution in [2.24, 2.45) is 5.92 Å². The smallest absolute Gasteiger partial charge is 0.220 e. The summed E-state index contributed by atoms with van der Waals surface area (Å²) >= 11 is 0. The molecule has 0 spiro atoms. The summed E-state index contributed by atoms with van der Waals surface area (Å²) in [5, 5.41) is 3.16. The molecule has 0 unspecified atom stereocenters. The number of hydrogen-bond donors (Lipinski definition) is 1. The van der Waals surface area contributed by atoms with Crippen molar-refractivity contribution < 1.29 is 4.79 Å². The molecule has 2 fully saturated rings. The Bertz CT molecular complexity index is 202. The number of hydrogen-bond acceptors (Lipinski definition) is 1. The maximum Gasteiger partial charge on any atom is 0.220 e. The highest BCUT2D eigenvalue weighted by molar-refractivity contribution is 5.77. The van der Waals surface area contributed by atoms with Crippen LogP contribution < -0.4 is 5.32 Å². The van der Waals surface area contributed by atoms with Crippen molar-refractivity contribution in [1.29, 1.82) is 0 Å². The lowest BCUT2D eigenvalue weighted by Gasteiger charge is -2.45. The molecule has 1 saturated carbocycles. The van der Waals surface area contributed by atoms with E-state index in [9.17, 15) is 4.79 Å². The van der Waals surface area contributed by atoms with Gasteiger partial charge in [0.05, 0.1) is 0 Å². The summed E-state index contributed by atoms with van der Waals surface area (Å²) in [6.07, 6.45) is 7.01. The molecule has 2 atom stereocenters. The molecule has 0 aromatic rings. The van der Waals surface area contributed by atoms with Gasteiger partial charge in [-0.3, -0.25) is 4.79 Å². The Morgan fingerprint density at radius 1 is 1.42 bits per heavy atom. The SMILES string of the molecule is C[C@]12CCCC[C@H]1CCC(=O)N2. The number of nitrogens with one attached hydrogen (secondary N) is 1. The molecule has 2 aliphatic rings. The normalized spacial score (nSPS) is 41.8. The molecular weight excluding hydrogens is 150 g/mol. The van der Waals surface area contributed by atoms with E-state index in [1.54, 1.807) is 0 Å². The first kappa shape index (κ1) is 8.09. The van der Waals surface area contributed by atoms with E-state index in [2.05, 4.69) is 12.2 Å². The van der Waals surface area contributed by atoms with Crippen molar-refractivity contribution >= 4 is 5.91 Å². The van der Waals surface area contributed by atoms with Crippen LogP contribution in [-0.2, 0) is 4.79 Å². The Hall–Kier alpha value is -0.530. The molecule has 2 rings (SSSR count). The van der Waals surface area contributed by atoms with Gasteiger partial charge in [-0.1, -0.05) is 12.8 Å². The van der Waals surface area contributed by atoms with Crippen LogP contribution in [0.25, 0.3) is 0 Å². The number of rotatable bonds is 0. The molecular formula is C10H17NO. The predicted octanol–water partition coefficient (Wildman–Crippen LogP) is 1.85. The molecule has 1 heterocycles. The summed E-state index contributed by atoms with van der Waals surface area (Å²) in [4.78, 5) is 11.2. The van der Waals surface area contributed by atoms with Gasteiger partial charge < -0.3 is 5.32 Å². The molecule has 1 aliphatic heterocycles. The average Bonchev–Trinajstić information content (AvgIpc) is 2.02. The molecule has 1 aliphatic carbocycles. The van der Waals surface area contributed by atoms with E-state index in [0.717, 1.165) is 18.8 Å². The highest BCUT2D eigenvalue weighted by Crippen LogP contribution is 2.38. The molecule has 0 bridgehead atoms. The molecule has 0 aromatic heterocycles. The van der Waals surface area contributed by atoms with Crippen molar-refractivity contribution in [3.8, 4) is 0 Å². The Morgan fingerprint density at radius 2 is 2.25 bits per heavy atom. The van der Waals surface area contributed by atoms with Crippen LogP contribution in [0.2, 0.25) is 0 Å². The van der Waals surface area contributed by atoms with Crippen LogP contribution in [0.3, 0.4) is 0 Å². The molecule has 2 heteroatoms. The summed E-state index contributed by atoms with van der Waals surface area (Å²) in [5.74, 6) is 1.01. The minimum atomic E-state index is 0.146. The summed E-state index contributed by atoms with van der Waals surface area (Å²) in [7, 11) is 0. The maximum absolute atomic E-state index is 11.2. The number of amides is 1. The van der Waals surface area contributed by atoms with Crippen LogP contribution >= 0.6 is 0 Å². The van der Waals surface area contributed by atoms with Gasteiger partial charge in [0.1, 0.15) is 0 Å². The maximum atomic E-state index is 11.2.